The van der Waals surface area contributed by atoms with Gasteiger partial charge in [0.1, 0.15) is 5.78 Å². The van der Waals surface area contributed by atoms with Gasteiger partial charge in [-0.15, -0.1) is 0 Å². The normalized spacial score (nSPS) is 11.1. The molecule has 0 unspecified atom stereocenters. The fraction of sp³-hybridized carbons (Fsp3) is 0.933. The number of hydrogen-bond acceptors (Lipinski definition) is 1. The minimum absolute atomic E-state index is 0. The van der Waals surface area contributed by atoms with Crippen molar-refractivity contribution >= 4 is 5.78 Å². The third kappa shape index (κ3) is 6.60. The van der Waals surface area contributed by atoms with E-state index in [2.05, 4.69) is 27.7 Å². The largest absolute Gasteiger partial charge is 0.299 e. The molecule has 0 aliphatic heterocycles. The fourth-order valence-electron chi connectivity index (χ4n) is 2.83. The maximum absolute atomic E-state index is 12.4. The van der Waals surface area contributed by atoms with Crippen LogP contribution in [-0.2, 0) is 21.3 Å². The van der Waals surface area contributed by atoms with E-state index < -0.39 is 0 Å². The van der Waals surface area contributed by atoms with Crippen LogP contribution in [0, 0.1) is 5.41 Å². The first-order valence-corrected chi connectivity index (χ1v) is 7.20. The predicted molar refractivity (Wildman–Crippen MR) is 71.7 cm³/mol. The number of ketones is 1. The first kappa shape index (κ1) is 19.5. The van der Waals surface area contributed by atoms with E-state index in [1.165, 1.54) is 0 Å². The van der Waals surface area contributed by atoms with Gasteiger partial charge in [0.15, 0.2) is 0 Å². The Kier molecular flexibility index (Phi) is 12.9. The first-order valence-electron chi connectivity index (χ1n) is 7.20. The Morgan fingerprint density at radius 2 is 1.24 bits per heavy atom. The first-order chi connectivity index (χ1) is 7.66. The van der Waals surface area contributed by atoms with Crippen molar-refractivity contribution in [2.45, 2.75) is 85.5 Å². The summed E-state index contributed by atoms with van der Waals surface area (Å²) in [6.07, 6.45) is 9.69. The van der Waals surface area contributed by atoms with Gasteiger partial charge in [-0.1, -0.05) is 53.4 Å². The Morgan fingerprint density at radius 3 is 1.53 bits per heavy atom. The minimum Gasteiger partial charge on any atom is -0.299 e. The standard InChI is InChI=1S/C15H30O.Ni/c1-5-9-10-14(16)15(11-6-2,12-7-3)13-8-4;/h5-13H2,1-4H3;. The molecule has 0 aliphatic rings. The molecule has 0 N–H and O–H groups in total. The third-order valence-corrected chi connectivity index (χ3v) is 3.53. The van der Waals surface area contributed by atoms with Crippen molar-refractivity contribution < 1.29 is 21.3 Å². The molecule has 0 aromatic heterocycles. The van der Waals surface area contributed by atoms with E-state index in [4.69, 9.17) is 0 Å². The van der Waals surface area contributed by atoms with Crippen molar-refractivity contribution in [3.05, 3.63) is 0 Å². The molecule has 0 radical (unpaired) electrons. The van der Waals surface area contributed by atoms with Gasteiger partial charge < -0.3 is 0 Å². The summed E-state index contributed by atoms with van der Waals surface area (Å²) in [4.78, 5) is 12.4. The molecule has 0 saturated carbocycles. The average Bonchev–Trinajstić information content (AvgIpc) is 2.26. The van der Waals surface area contributed by atoms with Crippen molar-refractivity contribution in [1.82, 2.24) is 0 Å². The molecule has 0 atom stereocenters. The van der Waals surface area contributed by atoms with Crippen molar-refractivity contribution in [1.29, 1.82) is 0 Å². The van der Waals surface area contributed by atoms with Crippen LogP contribution in [0.4, 0.5) is 0 Å². The van der Waals surface area contributed by atoms with Crippen LogP contribution in [0.5, 0.6) is 0 Å². The van der Waals surface area contributed by atoms with Gasteiger partial charge in [-0.2, -0.15) is 0 Å². The molecule has 1 nitrogen and oxygen atoms in total. The Bertz CT molecular complexity index is 172. The Balaban J connectivity index is 0. The van der Waals surface area contributed by atoms with E-state index in [9.17, 15) is 4.79 Å². The maximum Gasteiger partial charge on any atom is 0.139 e. The van der Waals surface area contributed by atoms with Gasteiger partial charge in [0.25, 0.3) is 0 Å². The number of unbranched alkanes of at least 4 members (excludes halogenated alkanes) is 1. The van der Waals surface area contributed by atoms with Gasteiger partial charge >= 0.3 is 0 Å². The number of carbonyl (C=O) groups is 1. The molecule has 2 heteroatoms. The molecule has 0 saturated heterocycles. The summed E-state index contributed by atoms with van der Waals surface area (Å²) in [6, 6.07) is 0. The molecule has 106 valence electrons. The maximum atomic E-state index is 12.4. The summed E-state index contributed by atoms with van der Waals surface area (Å²) in [7, 11) is 0. The van der Waals surface area contributed by atoms with Gasteiger partial charge in [-0.3, -0.25) is 4.79 Å². The van der Waals surface area contributed by atoms with Gasteiger partial charge in [0.05, 0.1) is 0 Å². The number of carbonyl (C=O) groups excluding carboxylic acids is 1. The molecule has 0 aliphatic carbocycles. The van der Waals surface area contributed by atoms with E-state index in [-0.39, 0.29) is 21.9 Å². The van der Waals surface area contributed by atoms with E-state index in [0.717, 1.165) is 57.8 Å². The molecule has 0 spiro atoms. The molecule has 17 heavy (non-hydrogen) atoms. The van der Waals surface area contributed by atoms with E-state index >= 15 is 0 Å². The second-order valence-electron chi connectivity index (χ2n) is 5.06. The number of rotatable bonds is 10. The summed E-state index contributed by atoms with van der Waals surface area (Å²) in [6.45, 7) is 8.77. The second-order valence-corrected chi connectivity index (χ2v) is 5.06. The van der Waals surface area contributed by atoms with Crippen molar-refractivity contribution in [2.75, 3.05) is 0 Å². The average molecular weight is 285 g/mol. The SMILES string of the molecule is CCCCC(=O)C(CCC)(CCC)CCC.[Ni]. The Hall–Kier alpha value is 0.164. The van der Waals surface area contributed by atoms with Crippen molar-refractivity contribution in [3.63, 3.8) is 0 Å². The molecular formula is C15H30NiO. The summed E-state index contributed by atoms with van der Waals surface area (Å²) in [5.74, 6) is 0.542. The van der Waals surface area contributed by atoms with Crippen LogP contribution in [0.3, 0.4) is 0 Å². The number of Topliss-reactive ketones (excluding diaryl/α,β-unsaturated/α-hetero) is 1. The molecule has 0 bridgehead atoms. The van der Waals surface area contributed by atoms with E-state index in [0.29, 0.717) is 5.78 Å². The monoisotopic (exact) mass is 284 g/mol. The molecule has 0 heterocycles. The van der Waals surface area contributed by atoms with Gasteiger partial charge in [0.2, 0.25) is 0 Å². The molecule has 0 rings (SSSR count). The van der Waals surface area contributed by atoms with E-state index in [1.807, 2.05) is 0 Å². The van der Waals surface area contributed by atoms with E-state index in [1.54, 1.807) is 0 Å². The zero-order valence-corrected chi connectivity index (χ0v) is 13.1. The van der Waals surface area contributed by atoms with Crippen molar-refractivity contribution in [2.24, 2.45) is 5.41 Å². The predicted octanol–water partition coefficient (Wildman–Crippen LogP) is 5.13. The molecule has 0 fully saturated rings. The number of hydrogen-bond donors (Lipinski definition) is 0. The van der Waals surface area contributed by atoms with Crippen LogP contribution < -0.4 is 0 Å². The van der Waals surface area contributed by atoms with Crippen LogP contribution in [-0.4, -0.2) is 5.78 Å². The van der Waals surface area contributed by atoms with Crippen LogP contribution >= 0.6 is 0 Å². The third-order valence-electron chi connectivity index (χ3n) is 3.53. The molecule has 0 aromatic carbocycles. The Morgan fingerprint density at radius 1 is 0.824 bits per heavy atom. The van der Waals surface area contributed by atoms with Gasteiger partial charge in [0, 0.05) is 28.3 Å². The molecular weight excluding hydrogens is 255 g/mol. The van der Waals surface area contributed by atoms with Crippen LogP contribution in [0.1, 0.15) is 85.5 Å². The molecule has 0 aromatic rings. The van der Waals surface area contributed by atoms with Gasteiger partial charge in [-0.05, 0) is 25.7 Å². The summed E-state index contributed by atoms with van der Waals surface area (Å²) < 4.78 is 0. The summed E-state index contributed by atoms with van der Waals surface area (Å²) in [5.41, 5.74) is 0.0213. The van der Waals surface area contributed by atoms with Crippen molar-refractivity contribution in [3.8, 4) is 0 Å². The zero-order valence-electron chi connectivity index (χ0n) is 12.1. The summed E-state index contributed by atoms with van der Waals surface area (Å²) in [5, 5.41) is 0. The Labute approximate surface area is 118 Å². The van der Waals surface area contributed by atoms with Crippen LogP contribution in [0.15, 0.2) is 0 Å². The van der Waals surface area contributed by atoms with Crippen LogP contribution in [0.2, 0.25) is 0 Å². The minimum atomic E-state index is 0. The quantitative estimate of drug-likeness (QED) is 0.508. The topological polar surface area (TPSA) is 17.1 Å². The summed E-state index contributed by atoms with van der Waals surface area (Å²) >= 11 is 0. The smallest absolute Gasteiger partial charge is 0.139 e. The fourth-order valence-corrected chi connectivity index (χ4v) is 2.83. The zero-order chi connectivity index (χ0) is 12.4. The van der Waals surface area contributed by atoms with Gasteiger partial charge in [-0.25, -0.2) is 0 Å². The molecule has 0 amide bonds. The van der Waals surface area contributed by atoms with Crippen LogP contribution in [0.25, 0.3) is 0 Å². The second kappa shape index (κ2) is 11.3.